The van der Waals surface area contributed by atoms with Gasteiger partial charge in [-0.05, 0) is 36.6 Å². The summed E-state index contributed by atoms with van der Waals surface area (Å²) in [7, 11) is 0. The van der Waals surface area contributed by atoms with Gasteiger partial charge in [0.25, 0.3) is 0 Å². The van der Waals surface area contributed by atoms with E-state index >= 15 is 0 Å². The number of hydrogen-bond acceptors (Lipinski definition) is 2. The van der Waals surface area contributed by atoms with Gasteiger partial charge in [0.2, 0.25) is 0 Å². The average molecular weight is 179 g/mol. The minimum atomic E-state index is -0.673. The minimum absolute atomic E-state index is 0.287. The van der Waals surface area contributed by atoms with Gasteiger partial charge in [0.1, 0.15) is 6.04 Å². The normalized spacial score (nSPS) is 51.2. The average Bonchev–Trinajstić information content (AvgIpc) is 2.76. The second-order valence-electron chi connectivity index (χ2n) is 4.41. The Morgan fingerprint density at radius 3 is 2.92 bits per heavy atom. The van der Waals surface area contributed by atoms with Crippen LogP contribution < -0.4 is 5.32 Å². The van der Waals surface area contributed by atoms with Crippen molar-refractivity contribution in [3.63, 3.8) is 0 Å². The molecule has 70 valence electrons. The monoisotopic (exact) mass is 179 g/mol. The smallest absolute Gasteiger partial charge is 0.321 e. The highest BCUT2D eigenvalue weighted by molar-refractivity contribution is 5.74. The Balaban J connectivity index is 1.92. The molecule has 2 bridgehead atoms. The second-order valence-corrected chi connectivity index (χ2v) is 4.41. The number of aliphatic carboxylic acids is 1. The van der Waals surface area contributed by atoms with E-state index in [4.69, 9.17) is 5.11 Å². The van der Waals surface area contributed by atoms with Crippen LogP contribution in [-0.4, -0.2) is 23.7 Å². The van der Waals surface area contributed by atoms with E-state index in [1.54, 1.807) is 0 Å². The van der Waals surface area contributed by atoms with Gasteiger partial charge in [-0.25, -0.2) is 0 Å². The quantitative estimate of drug-likeness (QED) is 0.576. The summed E-state index contributed by atoms with van der Waals surface area (Å²) < 4.78 is 0. The molecule has 3 heteroatoms. The maximum absolute atomic E-state index is 10.9. The first kappa shape index (κ1) is 7.56. The molecule has 0 spiro atoms. The van der Waals surface area contributed by atoms with Crippen LogP contribution in [-0.2, 0) is 4.79 Å². The summed E-state index contributed by atoms with van der Waals surface area (Å²) in [6.07, 6.45) is 5.69. The number of carboxylic acids is 1. The van der Waals surface area contributed by atoms with Crippen molar-refractivity contribution in [1.29, 1.82) is 0 Å². The molecule has 3 nitrogen and oxygen atoms in total. The zero-order valence-corrected chi connectivity index (χ0v) is 7.31. The molecular formula is C10H13NO2. The van der Waals surface area contributed by atoms with E-state index in [-0.39, 0.29) is 6.04 Å². The summed E-state index contributed by atoms with van der Waals surface area (Å²) in [5.41, 5.74) is 0. The van der Waals surface area contributed by atoms with Gasteiger partial charge >= 0.3 is 5.97 Å². The van der Waals surface area contributed by atoms with Crippen molar-refractivity contribution in [3.8, 4) is 0 Å². The highest BCUT2D eigenvalue weighted by atomic mass is 16.4. The van der Waals surface area contributed by atoms with Gasteiger partial charge in [-0.3, -0.25) is 4.79 Å². The molecule has 0 amide bonds. The Kier molecular flexibility index (Phi) is 1.37. The fourth-order valence-electron chi connectivity index (χ4n) is 3.40. The predicted molar refractivity (Wildman–Crippen MR) is 47.1 cm³/mol. The summed E-state index contributed by atoms with van der Waals surface area (Å²) in [5.74, 6) is 1.48. The third kappa shape index (κ3) is 0.854. The van der Waals surface area contributed by atoms with Gasteiger partial charge in [0.15, 0.2) is 0 Å². The zero-order valence-electron chi connectivity index (χ0n) is 7.31. The summed E-state index contributed by atoms with van der Waals surface area (Å²) in [6.45, 7) is 0.896. The molecule has 2 N–H and O–H groups in total. The molecule has 1 aliphatic heterocycles. The molecular weight excluding hydrogens is 166 g/mol. The standard InChI is InChI=1S/C10H13NO2/c12-10(13)9-8-6-2-1-5(3-6)7(8)4-11-9/h1-2,5-9,11H,3-4H2,(H,12,13)/t5?,6?,7?,8?,9-/m0/s1. The van der Waals surface area contributed by atoms with Crippen LogP contribution >= 0.6 is 0 Å². The molecule has 0 radical (unpaired) electrons. The molecule has 2 aliphatic carbocycles. The Hall–Kier alpha value is -0.830. The summed E-state index contributed by atoms with van der Waals surface area (Å²) in [4.78, 5) is 10.9. The summed E-state index contributed by atoms with van der Waals surface area (Å²) in [5, 5.41) is 12.1. The third-order valence-corrected chi connectivity index (χ3v) is 3.91. The van der Waals surface area contributed by atoms with Crippen molar-refractivity contribution in [2.75, 3.05) is 6.54 Å². The molecule has 3 aliphatic rings. The van der Waals surface area contributed by atoms with Crippen molar-refractivity contribution < 1.29 is 9.90 Å². The van der Waals surface area contributed by atoms with Crippen LogP contribution in [0.15, 0.2) is 12.2 Å². The van der Waals surface area contributed by atoms with Gasteiger partial charge in [-0.15, -0.1) is 0 Å². The van der Waals surface area contributed by atoms with Crippen molar-refractivity contribution >= 4 is 5.97 Å². The van der Waals surface area contributed by atoms with Crippen LogP contribution in [0.4, 0.5) is 0 Å². The molecule has 0 aromatic rings. The van der Waals surface area contributed by atoms with E-state index in [2.05, 4.69) is 17.5 Å². The van der Waals surface area contributed by atoms with Crippen molar-refractivity contribution in [1.82, 2.24) is 5.32 Å². The molecule has 1 saturated carbocycles. The van der Waals surface area contributed by atoms with Gasteiger partial charge in [0.05, 0.1) is 0 Å². The van der Waals surface area contributed by atoms with Gasteiger partial charge in [0, 0.05) is 0 Å². The van der Waals surface area contributed by atoms with Crippen LogP contribution in [0.5, 0.6) is 0 Å². The molecule has 5 atom stereocenters. The summed E-state index contributed by atoms with van der Waals surface area (Å²) in [6, 6.07) is -0.287. The van der Waals surface area contributed by atoms with E-state index in [0.29, 0.717) is 23.7 Å². The van der Waals surface area contributed by atoms with Crippen LogP contribution in [0, 0.1) is 23.7 Å². The SMILES string of the molecule is O=C(O)[C@H]1NCC2C3C=CC(C3)C21. The minimum Gasteiger partial charge on any atom is -0.480 e. The lowest BCUT2D eigenvalue weighted by Gasteiger charge is -2.22. The molecule has 2 fully saturated rings. The van der Waals surface area contributed by atoms with Gasteiger partial charge in [-0.2, -0.15) is 0 Å². The van der Waals surface area contributed by atoms with Gasteiger partial charge in [-0.1, -0.05) is 12.2 Å². The number of nitrogens with one attached hydrogen (secondary N) is 1. The number of hydrogen-bond donors (Lipinski definition) is 2. The van der Waals surface area contributed by atoms with E-state index in [9.17, 15) is 4.79 Å². The van der Waals surface area contributed by atoms with E-state index in [1.165, 1.54) is 6.42 Å². The Bertz CT molecular complexity index is 287. The molecule has 4 unspecified atom stereocenters. The largest absolute Gasteiger partial charge is 0.480 e. The van der Waals surface area contributed by atoms with Crippen molar-refractivity contribution in [3.05, 3.63) is 12.2 Å². The Labute approximate surface area is 76.8 Å². The van der Waals surface area contributed by atoms with E-state index < -0.39 is 5.97 Å². The zero-order chi connectivity index (χ0) is 9.00. The fraction of sp³-hybridized carbons (Fsp3) is 0.700. The predicted octanol–water partition coefficient (Wildman–Crippen LogP) is 0.481. The Morgan fingerprint density at radius 1 is 1.38 bits per heavy atom. The number of fused-ring (bicyclic) bond motifs is 5. The molecule has 1 heterocycles. The summed E-state index contributed by atoms with van der Waals surface area (Å²) >= 11 is 0. The molecule has 0 aromatic heterocycles. The molecule has 1 saturated heterocycles. The first-order chi connectivity index (χ1) is 6.27. The lowest BCUT2D eigenvalue weighted by molar-refractivity contribution is -0.140. The maximum Gasteiger partial charge on any atom is 0.321 e. The number of carbonyl (C=O) groups is 1. The van der Waals surface area contributed by atoms with Crippen LogP contribution in [0.25, 0.3) is 0 Å². The second kappa shape index (κ2) is 2.35. The fourth-order valence-corrected chi connectivity index (χ4v) is 3.40. The molecule has 0 aromatic carbocycles. The highest BCUT2D eigenvalue weighted by Crippen LogP contribution is 2.51. The van der Waals surface area contributed by atoms with Crippen LogP contribution in [0.1, 0.15) is 6.42 Å². The van der Waals surface area contributed by atoms with E-state index in [0.717, 1.165) is 6.54 Å². The first-order valence-electron chi connectivity index (χ1n) is 4.92. The Morgan fingerprint density at radius 2 is 2.15 bits per heavy atom. The van der Waals surface area contributed by atoms with Crippen LogP contribution in [0.3, 0.4) is 0 Å². The van der Waals surface area contributed by atoms with Crippen molar-refractivity contribution in [2.24, 2.45) is 23.7 Å². The lowest BCUT2D eigenvalue weighted by atomic mass is 9.82. The highest BCUT2D eigenvalue weighted by Gasteiger charge is 2.53. The first-order valence-corrected chi connectivity index (χ1v) is 4.92. The topological polar surface area (TPSA) is 49.3 Å². The third-order valence-electron chi connectivity index (χ3n) is 3.91. The molecule has 13 heavy (non-hydrogen) atoms. The van der Waals surface area contributed by atoms with Crippen LogP contribution in [0.2, 0.25) is 0 Å². The number of carboxylic acid groups (broad SMARTS) is 1. The lowest BCUT2D eigenvalue weighted by Crippen LogP contribution is -2.37. The molecule has 3 rings (SSSR count). The number of allylic oxidation sites excluding steroid dienone is 2. The van der Waals surface area contributed by atoms with Gasteiger partial charge < -0.3 is 10.4 Å². The number of rotatable bonds is 1. The van der Waals surface area contributed by atoms with Crippen molar-refractivity contribution in [2.45, 2.75) is 12.5 Å². The maximum atomic E-state index is 10.9. The van der Waals surface area contributed by atoms with E-state index in [1.807, 2.05) is 0 Å².